The van der Waals surface area contributed by atoms with Gasteiger partial charge in [0.15, 0.2) is 0 Å². The van der Waals surface area contributed by atoms with Crippen molar-refractivity contribution in [3.05, 3.63) is 23.8 Å². The van der Waals surface area contributed by atoms with Crippen LogP contribution in [0.5, 0.6) is 11.5 Å². The van der Waals surface area contributed by atoms with Gasteiger partial charge in [0, 0.05) is 11.6 Å². The van der Waals surface area contributed by atoms with Gasteiger partial charge in [-0.15, -0.1) is 0 Å². The summed E-state index contributed by atoms with van der Waals surface area (Å²) in [6, 6.07) is 5.54. The highest BCUT2D eigenvalue weighted by molar-refractivity contribution is 5.50. The van der Waals surface area contributed by atoms with Crippen LogP contribution < -0.4 is 9.47 Å². The molecule has 0 N–H and O–H groups in total. The Morgan fingerprint density at radius 3 is 2.56 bits per heavy atom. The highest BCUT2D eigenvalue weighted by atomic mass is 16.5. The molecule has 1 fully saturated rings. The fraction of sp³-hybridized carbons (Fsp3) is 0.417. The molecule has 1 aliphatic carbocycles. The zero-order chi connectivity index (χ0) is 11.6. The number of isocyanates is 1. The average molecular weight is 219 g/mol. The number of benzene rings is 1. The zero-order valence-corrected chi connectivity index (χ0v) is 9.32. The lowest BCUT2D eigenvalue weighted by Crippen LogP contribution is -2.05. The Morgan fingerprint density at radius 1 is 1.31 bits per heavy atom. The number of ether oxygens (including phenoxy) is 2. The van der Waals surface area contributed by atoms with Gasteiger partial charge < -0.3 is 9.47 Å². The van der Waals surface area contributed by atoms with E-state index in [-0.39, 0.29) is 0 Å². The van der Waals surface area contributed by atoms with Crippen LogP contribution in [0.25, 0.3) is 0 Å². The molecule has 1 aromatic rings. The molecule has 0 radical (unpaired) electrons. The number of hydrogen-bond acceptors (Lipinski definition) is 4. The smallest absolute Gasteiger partial charge is 0.235 e. The number of nitrogens with zero attached hydrogens (tertiary/aromatic N) is 1. The van der Waals surface area contributed by atoms with E-state index >= 15 is 0 Å². The van der Waals surface area contributed by atoms with Gasteiger partial charge in [0.05, 0.1) is 14.2 Å². The number of aliphatic imine (C=N–C) groups is 1. The van der Waals surface area contributed by atoms with Gasteiger partial charge in [0.2, 0.25) is 6.08 Å². The van der Waals surface area contributed by atoms with Crippen molar-refractivity contribution < 1.29 is 14.3 Å². The Labute approximate surface area is 93.9 Å². The number of hydrogen-bond donors (Lipinski definition) is 0. The summed E-state index contributed by atoms with van der Waals surface area (Å²) >= 11 is 0. The van der Waals surface area contributed by atoms with Crippen molar-refractivity contribution in [2.24, 2.45) is 4.99 Å². The van der Waals surface area contributed by atoms with Gasteiger partial charge >= 0.3 is 0 Å². The predicted molar refractivity (Wildman–Crippen MR) is 58.6 cm³/mol. The van der Waals surface area contributed by atoms with E-state index in [1.807, 2.05) is 12.1 Å². The SMILES string of the molecule is COc1ccc(C2(N=C=O)CC2)c(OC)c1. The van der Waals surface area contributed by atoms with E-state index in [9.17, 15) is 4.79 Å². The third-order valence-electron chi connectivity index (χ3n) is 2.89. The molecular formula is C12H13NO3. The summed E-state index contributed by atoms with van der Waals surface area (Å²) in [5.74, 6) is 1.43. The van der Waals surface area contributed by atoms with Gasteiger partial charge in [-0.3, -0.25) is 0 Å². The summed E-state index contributed by atoms with van der Waals surface area (Å²) in [4.78, 5) is 14.3. The molecule has 0 heterocycles. The van der Waals surface area contributed by atoms with Gasteiger partial charge in [-0.1, -0.05) is 0 Å². The second-order valence-electron chi connectivity index (χ2n) is 3.80. The van der Waals surface area contributed by atoms with Crippen molar-refractivity contribution in [3.63, 3.8) is 0 Å². The van der Waals surface area contributed by atoms with Crippen LogP contribution in [0.4, 0.5) is 0 Å². The lowest BCUT2D eigenvalue weighted by molar-refractivity contribution is 0.387. The third kappa shape index (κ3) is 1.68. The van der Waals surface area contributed by atoms with Gasteiger partial charge in [-0.05, 0) is 25.0 Å². The first kappa shape index (κ1) is 10.7. The number of methoxy groups -OCH3 is 2. The summed E-state index contributed by atoms with van der Waals surface area (Å²) in [7, 11) is 3.20. The van der Waals surface area contributed by atoms with Gasteiger partial charge in [0.25, 0.3) is 0 Å². The fourth-order valence-electron chi connectivity index (χ4n) is 1.83. The first-order valence-electron chi connectivity index (χ1n) is 5.07. The van der Waals surface area contributed by atoms with Gasteiger partial charge in [-0.2, -0.15) is 4.99 Å². The molecule has 2 rings (SSSR count). The molecule has 1 aromatic carbocycles. The quantitative estimate of drug-likeness (QED) is 0.575. The maximum atomic E-state index is 10.4. The molecule has 0 bridgehead atoms. The molecule has 0 aliphatic heterocycles. The minimum absolute atomic E-state index is 0.403. The summed E-state index contributed by atoms with van der Waals surface area (Å²) < 4.78 is 10.4. The van der Waals surface area contributed by atoms with Crippen LogP contribution in [0.3, 0.4) is 0 Å². The van der Waals surface area contributed by atoms with E-state index in [1.165, 1.54) is 0 Å². The van der Waals surface area contributed by atoms with Crippen molar-refractivity contribution >= 4 is 6.08 Å². The Hall–Kier alpha value is -1.80. The maximum absolute atomic E-state index is 10.4. The molecule has 1 saturated carbocycles. The normalized spacial score (nSPS) is 16.1. The number of carbonyl (C=O) groups excluding carboxylic acids is 1. The monoisotopic (exact) mass is 219 g/mol. The molecule has 0 unspecified atom stereocenters. The molecule has 0 saturated heterocycles. The number of rotatable bonds is 4. The molecule has 4 heteroatoms. The highest BCUT2D eigenvalue weighted by Gasteiger charge is 2.46. The molecule has 0 amide bonds. The lowest BCUT2D eigenvalue weighted by Gasteiger charge is -2.14. The minimum Gasteiger partial charge on any atom is -0.497 e. The standard InChI is InChI=1S/C12H13NO3/c1-15-9-3-4-10(11(7-9)16-2)12(5-6-12)13-8-14/h3-4,7H,5-6H2,1-2H3. The molecule has 16 heavy (non-hydrogen) atoms. The average Bonchev–Trinajstić information content (AvgIpc) is 3.09. The minimum atomic E-state index is -0.403. The summed E-state index contributed by atoms with van der Waals surface area (Å²) in [5.41, 5.74) is 0.526. The molecule has 0 atom stereocenters. The van der Waals surface area contributed by atoms with E-state index < -0.39 is 5.54 Å². The molecule has 0 aromatic heterocycles. The first-order valence-corrected chi connectivity index (χ1v) is 5.07. The van der Waals surface area contributed by atoms with E-state index in [0.29, 0.717) is 5.75 Å². The van der Waals surface area contributed by atoms with Crippen LogP contribution in [0.2, 0.25) is 0 Å². The van der Waals surface area contributed by atoms with E-state index in [0.717, 1.165) is 24.2 Å². The highest BCUT2D eigenvalue weighted by Crippen LogP contribution is 2.52. The van der Waals surface area contributed by atoms with Crippen LogP contribution in [0, 0.1) is 0 Å². The Morgan fingerprint density at radius 2 is 2.06 bits per heavy atom. The van der Waals surface area contributed by atoms with Gasteiger partial charge in [-0.25, -0.2) is 4.79 Å². The molecule has 0 spiro atoms. The van der Waals surface area contributed by atoms with Crippen molar-refractivity contribution in [3.8, 4) is 11.5 Å². The fourth-order valence-corrected chi connectivity index (χ4v) is 1.83. The van der Waals surface area contributed by atoms with Crippen molar-refractivity contribution in [2.45, 2.75) is 18.4 Å². The van der Waals surface area contributed by atoms with E-state index in [2.05, 4.69) is 4.99 Å². The van der Waals surface area contributed by atoms with Crippen LogP contribution in [0.1, 0.15) is 18.4 Å². The lowest BCUT2D eigenvalue weighted by atomic mass is 10.0. The summed E-state index contributed by atoms with van der Waals surface area (Å²) in [6.07, 6.45) is 3.37. The first-order chi connectivity index (χ1) is 7.75. The molecular weight excluding hydrogens is 206 g/mol. The van der Waals surface area contributed by atoms with Crippen molar-refractivity contribution in [1.29, 1.82) is 0 Å². The van der Waals surface area contributed by atoms with Crippen molar-refractivity contribution in [2.75, 3.05) is 14.2 Å². The van der Waals surface area contributed by atoms with Gasteiger partial charge in [0.1, 0.15) is 17.0 Å². The Balaban J connectivity index is 2.45. The second-order valence-corrected chi connectivity index (χ2v) is 3.80. The summed E-state index contributed by atoms with van der Waals surface area (Å²) in [6.45, 7) is 0. The molecule has 4 nitrogen and oxygen atoms in total. The Bertz CT molecular complexity index is 446. The second kappa shape index (κ2) is 3.99. The summed E-state index contributed by atoms with van der Waals surface area (Å²) in [5, 5.41) is 0. The van der Waals surface area contributed by atoms with E-state index in [1.54, 1.807) is 26.4 Å². The van der Waals surface area contributed by atoms with E-state index in [4.69, 9.17) is 9.47 Å². The Kier molecular flexibility index (Phi) is 2.67. The zero-order valence-electron chi connectivity index (χ0n) is 9.32. The van der Waals surface area contributed by atoms with Crippen LogP contribution in [-0.2, 0) is 10.3 Å². The topological polar surface area (TPSA) is 47.9 Å². The predicted octanol–water partition coefficient (Wildman–Crippen LogP) is 2.03. The third-order valence-corrected chi connectivity index (χ3v) is 2.89. The van der Waals surface area contributed by atoms with Crippen LogP contribution >= 0.6 is 0 Å². The molecule has 84 valence electrons. The van der Waals surface area contributed by atoms with Crippen LogP contribution in [-0.4, -0.2) is 20.3 Å². The largest absolute Gasteiger partial charge is 0.497 e. The molecule has 1 aliphatic rings. The van der Waals surface area contributed by atoms with Crippen molar-refractivity contribution in [1.82, 2.24) is 0 Å². The van der Waals surface area contributed by atoms with Crippen LogP contribution in [0.15, 0.2) is 23.2 Å². The maximum Gasteiger partial charge on any atom is 0.235 e.